The summed E-state index contributed by atoms with van der Waals surface area (Å²) in [4.78, 5) is 0. The van der Waals surface area contributed by atoms with E-state index >= 15 is 0 Å². The molecule has 8 atom stereocenters. The van der Waals surface area contributed by atoms with E-state index in [-0.39, 0.29) is 68.2 Å². The standard InChI is InChI=1S/C29H37.C12H22Si.C5H5.2ClH.Zr/c1-21-14-13-15-22-20-27(6)25(4)18-10-9-16-23(25,2)24(3)17-11-12-19-26(24,5)29(27,8)28(21,22)7;1-3-7-11(8-4-1)13-12-9-5-2-6-10-12;1-2-4-5-3-1;;;/h9-20,22H,1-8H3;11-12H,1-10H2;1-3H,4H2;2*1H;/q-1;;-1;;;+2/p-2. The Labute approximate surface area is 335 Å². The third-order valence-electron chi connectivity index (χ3n) is 16.7. The van der Waals surface area contributed by atoms with Crippen LogP contribution < -0.4 is 24.8 Å². The van der Waals surface area contributed by atoms with Crippen LogP contribution in [0.1, 0.15) is 126 Å². The quantitative estimate of drug-likeness (QED) is 0.206. The molecule has 0 saturated heterocycles. The van der Waals surface area contributed by atoms with Crippen molar-refractivity contribution in [1.82, 2.24) is 0 Å². The zero-order valence-corrected chi connectivity index (χ0v) is 37.4. The van der Waals surface area contributed by atoms with Gasteiger partial charge in [0, 0.05) is 10.8 Å². The van der Waals surface area contributed by atoms with Crippen molar-refractivity contribution in [3.63, 3.8) is 0 Å². The number of hydrogen-bond donors (Lipinski definition) is 0. The summed E-state index contributed by atoms with van der Waals surface area (Å²) in [6, 6.07) is 0. The van der Waals surface area contributed by atoms with Gasteiger partial charge in [0.15, 0.2) is 0 Å². The van der Waals surface area contributed by atoms with Crippen LogP contribution in [-0.4, -0.2) is 5.43 Å². The molecule has 0 aromatic rings. The third kappa shape index (κ3) is 5.88. The van der Waals surface area contributed by atoms with Crippen molar-refractivity contribution in [2.24, 2.45) is 43.8 Å². The van der Waals surface area contributed by atoms with Gasteiger partial charge in [-0.15, -0.1) is 23.8 Å². The number of fused-ring (bicyclic) bond motifs is 8. The Morgan fingerprint density at radius 2 is 1.14 bits per heavy atom. The van der Waals surface area contributed by atoms with Gasteiger partial charge in [-0.05, 0) is 28.6 Å². The van der Waals surface area contributed by atoms with E-state index in [1.54, 1.807) is 51.4 Å². The first-order valence-corrected chi connectivity index (χ1v) is 24.9. The topological polar surface area (TPSA) is 0 Å². The van der Waals surface area contributed by atoms with Gasteiger partial charge in [-0.25, -0.2) is 12.2 Å². The van der Waals surface area contributed by atoms with Crippen molar-refractivity contribution >= 4 is 5.43 Å². The molecule has 0 aromatic heterocycles. The minimum atomic E-state index is 0. The van der Waals surface area contributed by atoms with E-state index < -0.39 is 0 Å². The molecule has 0 nitrogen and oxygen atoms in total. The second-order valence-electron chi connectivity index (χ2n) is 17.8. The molecule has 4 saturated carbocycles. The van der Waals surface area contributed by atoms with Crippen LogP contribution in [0.5, 0.6) is 0 Å². The molecule has 50 heavy (non-hydrogen) atoms. The van der Waals surface area contributed by atoms with Crippen molar-refractivity contribution in [1.29, 1.82) is 0 Å². The molecule has 8 aliphatic rings. The van der Waals surface area contributed by atoms with Crippen LogP contribution in [0.3, 0.4) is 0 Å². The average molecular weight is 807 g/mol. The van der Waals surface area contributed by atoms with E-state index in [9.17, 15) is 0 Å². The Balaban J connectivity index is 0.000000223. The van der Waals surface area contributed by atoms with Gasteiger partial charge >= 0.3 is 104 Å². The van der Waals surface area contributed by atoms with Crippen LogP contribution >= 0.6 is 0 Å². The zero-order chi connectivity index (χ0) is 34.5. The Morgan fingerprint density at radius 1 is 0.660 bits per heavy atom. The van der Waals surface area contributed by atoms with Crippen LogP contribution in [0.25, 0.3) is 0 Å². The molecular weight excluding hydrogens is 743 g/mol. The maximum atomic E-state index is 2.99. The van der Waals surface area contributed by atoms with Crippen LogP contribution in [0.15, 0.2) is 90.6 Å². The van der Waals surface area contributed by atoms with E-state index in [1.165, 1.54) is 29.5 Å². The first-order valence-electron chi connectivity index (χ1n) is 19.5. The number of rotatable bonds is 2. The maximum absolute atomic E-state index is 2.99. The number of allylic oxidation sites excluding steroid dienone is 16. The second-order valence-corrected chi connectivity index (χ2v) is 24.6. The van der Waals surface area contributed by atoms with Gasteiger partial charge in [0.1, 0.15) is 0 Å². The van der Waals surface area contributed by atoms with Crippen LogP contribution in [0.4, 0.5) is 0 Å². The van der Waals surface area contributed by atoms with Gasteiger partial charge < -0.3 is 31.2 Å². The summed E-state index contributed by atoms with van der Waals surface area (Å²) in [7, 11) is 0. The molecule has 0 aromatic carbocycles. The van der Waals surface area contributed by atoms with E-state index in [0.29, 0.717) is 5.92 Å². The molecular formula is C46H64Cl2SiZr-2. The van der Waals surface area contributed by atoms with Gasteiger partial charge in [-0.1, -0.05) is 115 Å². The predicted molar refractivity (Wildman–Crippen MR) is 205 cm³/mol. The minimum absolute atomic E-state index is 0. The van der Waals surface area contributed by atoms with Gasteiger partial charge in [-0.3, -0.25) is 6.08 Å². The van der Waals surface area contributed by atoms with Gasteiger partial charge in [0.25, 0.3) is 0 Å². The van der Waals surface area contributed by atoms with E-state index in [0.717, 1.165) is 6.42 Å². The zero-order valence-electron chi connectivity index (χ0n) is 32.4. The Bertz CT molecular complexity index is 1470. The molecule has 0 aliphatic heterocycles. The summed E-state index contributed by atoms with van der Waals surface area (Å²) in [5.74, 6) is 0.460. The Morgan fingerprint density at radius 3 is 1.60 bits per heavy atom. The van der Waals surface area contributed by atoms with Crippen molar-refractivity contribution in [3.8, 4) is 0 Å². The molecule has 272 valence electrons. The molecule has 8 aliphatic carbocycles. The van der Waals surface area contributed by atoms with Crippen LogP contribution in [0.2, 0.25) is 11.1 Å². The fraction of sp³-hybridized carbons (Fsp3) is 0.630. The van der Waals surface area contributed by atoms with Crippen molar-refractivity contribution < 1.29 is 48.1 Å². The van der Waals surface area contributed by atoms with E-state index in [4.69, 9.17) is 0 Å². The van der Waals surface area contributed by atoms with Crippen molar-refractivity contribution in [2.75, 3.05) is 0 Å². The fourth-order valence-electron chi connectivity index (χ4n) is 12.7. The molecule has 0 bridgehead atoms. The first-order chi connectivity index (χ1) is 22.8. The summed E-state index contributed by atoms with van der Waals surface area (Å²) in [6.07, 6.45) is 55.0. The predicted octanol–water partition coefficient (Wildman–Crippen LogP) is 7.15. The molecule has 8 unspecified atom stereocenters. The van der Waals surface area contributed by atoms with Crippen LogP contribution in [-0.2, 0) is 23.3 Å². The molecule has 4 fully saturated rings. The van der Waals surface area contributed by atoms with Crippen molar-refractivity contribution in [2.45, 2.75) is 137 Å². The van der Waals surface area contributed by atoms with E-state index in [1.807, 2.05) is 35.5 Å². The van der Waals surface area contributed by atoms with Gasteiger partial charge in [-0.2, -0.15) is 6.08 Å². The van der Waals surface area contributed by atoms with E-state index in [2.05, 4.69) is 141 Å². The molecule has 0 spiro atoms. The summed E-state index contributed by atoms with van der Waals surface area (Å²) in [6.45, 7) is 20.3. The molecule has 0 amide bonds. The fourth-order valence-corrected chi connectivity index (χ4v) is 19.7. The molecule has 0 heterocycles. The summed E-state index contributed by atoms with van der Waals surface area (Å²) < 4.78 is 0. The second kappa shape index (κ2) is 15.8. The summed E-state index contributed by atoms with van der Waals surface area (Å²) in [5, 5.41) is 0. The molecule has 0 N–H and O–H groups in total. The normalized spacial score (nSPS) is 43.4. The molecule has 4 heteroatoms. The number of hydrogen-bond acceptors (Lipinski definition) is 0. The summed E-state index contributed by atoms with van der Waals surface area (Å²) in [5.41, 5.74) is 4.30. The summed E-state index contributed by atoms with van der Waals surface area (Å²) >= 11 is 1.95. The van der Waals surface area contributed by atoms with Gasteiger partial charge in [0.2, 0.25) is 0 Å². The van der Waals surface area contributed by atoms with Gasteiger partial charge in [0.05, 0.1) is 0 Å². The third-order valence-corrected chi connectivity index (χ3v) is 25.6. The SMILES string of the molecule is CC1=CC=CC2[CH-]C3(C)C4(C)C=CC=CC4(C)C4(C)C=CC=CC4(C)C3(C)C12C.[C-]1=CC=CC1.[Cl-].[Cl-].[Zr+2]=[Si](C1CCCCC1)C1CCCCC1. The molecule has 8 rings (SSSR count). The van der Waals surface area contributed by atoms with Crippen molar-refractivity contribution in [3.05, 3.63) is 103 Å². The number of halogens is 2. The first kappa shape index (κ1) is 42.3. The Kier molecular flexibility index (Phi) is 13.3. The Hall–Kier alpha value is -0.400. The average Bonchev–Trinajstić information content (AvgIpc) is 3.75. The monoisotopic (exact) mass is 804 g/mol. The van der Waals surface area contributed by atoms with Crippen LogP contribution in [0, 0.1) is 56.3 Å². The molecule has 0 radical (unpaired) electrons.